The van der Waals surface area contributed by atoms with Gasteiger partial charge in [-0.25, -0.2) is 0 Å². The van der Waals surface area contributed by atoms with Crippen LogP contribution in [0.15, 0.2) is 60.7 Å². The molecule has 0 spiro atoms. The highest BCUT2D eigenvalue weighted by atomic mass is 28.4. The number of hydrogen-bond donors (Lipinski definition) is 1. The van der Waals surface area contributed by atoms with Gasteiger partial charge >= 0.3 is 0 Å². The van der Waals surface area contributed by atoms with Crippen molar-refractivity contribution >= 4 is 18.7 Å². The van der Waals surface area contributed by atoms with E-state index in [1.807, 2.05) is 12.1 Å². The molecule has 0 amide bonds. The highest BCUT2D eigenvalue weighted by molar-refractivity contribution is 6.99. The Hall–Kier alpha value is -1.50. The van der Waals surface area contributed by atoms with Gasteiger partial charge in [0.2, 0.25) is 0 Å². The van der Waals surface area contributed by atoms with E-state index >= 15 is 0 Å². The molecule has 0 bridgehead atoms. The first-order chi connectivity index (χ1) is 15.9. The predicted octanol–water partition coefficient (Wildman–Crippen LogP) is 4.88. The van der Waals surface area contributed by atoms with Gasteiger partial charge in [-0.15, -0.1) is 0 Å². The smallest absolute Gasteiger partial charge is 0.261 e. The number of aliphatic hydroxyl groups excluding tert-OH is 1. The van der Waals surface area contributed by atoms with Gasteiger partial charge in [-0.2, -0.15) is 0 Å². The van der Waals surface area contributed by atoms with Crippen LogP contribution in [0.5, 0.6) is 0 Å². The molecule has 1 heterocycles. The van der Waals surface area contributed by atoms with E-state index in [9.17, 15) is 5.11 Å². The van der Waals surface area contributed by atoms with Crippen LogP contribution in [0.1, 0.15) is 59.8 Å². The average Bonchev–Trinajstić information content (AvgIpc) is 2.83. The van der Waals surface area contributed by atoms with Gasteiger partial charge in [0.15, 0.2) is 6.29 Å². The summed E-state index contributed by atoms with van der Waals surface area (Å²) in [4.78, 5) is 0. The van der Waals surface area contributed by atoms with Gasteiger partial charge in [0.05, 0.1) is 19.3 Å². The first kappa shape index (κ1) is 26.1. The Kier molecular flexibility index (Phi) is 9.71. The molecular formula is C28H42O4Si. The SMILES string of the molecule is CCC[C@H](COC1CCCCO1)[C@@H](O)CO[Si](c1ccccc1)(c1ccccc1)C(C)(C)C. The lowest BCUT2D eigenvalue weighted by atomic mass is 9.98. The zero-order valence-electron chi connectivity index (χ0n) is 20.8. The minimum Gasteiger partial charge on any atom is -0.405 e. The predicted molar refractivity (Wildman–Crippen MR) is 138 cm³/mol. The molecule has 1 unspecified atom stereocenters. The van der Waals surface area contributed by atoms with Crippen molar-refractivity contribution < 1.29 is 19.0 Å². The van der Waals surface area contributed by atoms with E-state index in [1.165, 1.54) is 10.4 Å². The Labute approximate surface area is 201 Å². The average molecular weight is 471 g/mol. The van der Waals surface area contributed by atoms with Crippen LogP contribution in [-0.2, 0) is 13.9 Å². The minimum absolute atomic E-state index is 0.0266. The van der Waals surface area contributed by atoms with E-state index in [-0.39, 0.29) is 17.2 Å². The summed E-state index contributed by atoms with van der Waals surface area (Å²) >= 11 is 0. The number of rotatable bonds is 11. The van der Waals surface area contributed by atoms with Gasteiger partial charge in [-0.05, 0) is 41.1 Å². The molecule has 1 saturated heterocycles. The summed E-state index contributed by atoms with van der Waals surface area (Å²) in [5.41, 5.74) is 0. The quantitative estimate of drug-likeness (QED) is 0.475. The fourth-order valence-electron chi connectivity index (χ4n) is 4.94. The zero-order chi connectivity index (χ0) is 23.7. The second-order valence-electron chi connectivity index (χ2n) is 10.2. The van der Waals surface area contributed by atoms with Crippen LogP contribution in [0.25, 0.3) is 0 Å². The summed E-state index contributed by atoms with van der Waals surface area (Å²) in [6, 6.07) is 21.2. The fourth-order valence-corrected chi connectivity index (χ4v) is 9.52. The van der Waals surface area contributed by atoms with Gasteiger partial charge in [0.25, 0.3) is 8.32 Å². The lowest BCUT2D eigenvalue weighted by Crippen LogP contribution is -2.67. The van der Waals surface area contributed by atoms with Crippen LogP contribution < -0.4 is 10.4 Å². The largest absolute Gasteiger partial charge is 0.405 e. The molecule has 0 radical (unpaired) electrons. The molecular weight excluding hydrogens is 428 g/mol. The van der Waals surface area contributed by atoms with Crippen molar-refractivity contribution in [3.05, 3.63) is 60.7 Å². The van der Waals surface area contributed by atoms with Gasteiger partial charge in [0.1, 0.15) is 0 Å². The maximum atomic E-state index is 11.3. The van der Waals surface area contributed by atoms with Crippen molar-refractivity contribution in [1.29, 1.82) is 0 Å². The summed E-state index contributed by atoms with van der Waals surface area (Å²) in [5.74, 6) is 0.0266. The molecule has 2 aromatic rings. The van der Waals surface area contributed by atoms with Crippen LogP contribution in [0, 0.1) is 5.92 Å². The lowest BCUT2D eigenvalue weighted by molar-refractivity contribution is -0.175. The Morgan fingerprint density at radius 3 is 2.06 bits per heavy atom. The van der Waals surface area contributed by atoms with Gasteiger partial charge in [-0.1, -0.05) is 94.8 Å². The summed E-state index contributed by atoms with van der Waals surface area (Å²) in [5, 5.41) is 13.6. The molecule has 5 heteroatoms. The standard InChI is InChI=1S/C28H42O4Si/c1-5-14-23(21-31-27-19-12-13-20-30-27)26(29)22-32-33(28(2,3)4,24-15-8-6-9-16-24)25-17-10-7-11-18-25/h6-11,15-18,23,26-27,29H,5,12-14,19-22H2,1-4H3/t23-,26+,27?/m1/s1. The summed E-state index contributed by atoms with van der Waals surface area (Å²) in [6.45, 7) is 10.5. The van der Waals surface area contributed by atoms with Crippen molar-refractivity contribution in [2.75, 3.05) is 19.8 Å². The molecule has 0 aromatic heterocycles. The van der Waals surface area contributed by atoms with Crippen molar-refractivity contribution in [1.82, 2.24) is 0 Å². The summed E-state index contributed by atoms with van der Waals surface area (Å²) in [6.07, 6.45) is 4.36. The third-order valence-corrected chi connectivity index (χ3v) is 11.7. The molecule has 33 heavy (non-hydrogen) atoms. The van der Waals surface area contributed by atoms with Crippen LogP contribution in [-0.4, -0.2) is 45.6 Å². The molecule has 1 N–H and O–H groups in total. The van der Waals surface area contributed by atoms with Crippen LogP contribution in [0.3, 0.4) is 0 Å². The van der Waals surface area contributed by atoms with Crippen molar-refractivity contribution in [2.45, 2.75) is 77.2 Å². The molecule has 1 aliphatic rings. The Bertz CT molecular complexity index is 760. The maximum absolute atomic E-state index is 11.3. The zero-order valence-corrected chi connectivity index (χ0v) is 21.8. The highest BCUT2D eigenvalue weighted by Crippen LogP contribution is 2.37. The van der Waals surface area contributed by atoms with E-state index in [4.69, 9.17) is 13.9 Å². The lowest BCUT2D eigenvalue weighted by Gasteiger charge is -2.43. The van der Waals surface area contributed by atoms with E-state index in [0.717, 1.165) is 38.7 Å². The van der Waals surface area contributed by atoms with Crippen LogP contribution in [0.2, 0.25) is 5.04 Å². The monoisotopic (exact) mass is 470 g/mol. The van der Waals surface area contributed by atoms with Crippen molar-refractivity contribution in [3.63, 3.8) is 0 Å². The van der Waals surface area contributed by atoms with Crippen molar-refractivity contribution in [2.24, 2.45) is 5.92 Å². The van der Waals surface area contributed by atoms with Gasteiger partial charge in [-0.3, -0.25) is 0 Å². The normalized spacial score (nSPS) is 19.2. The van der Waals surface area contributed by atoms with Gasteiger partial charge < -0.3 is 19.0 Å². The third-order valence-electron chi connectivity index (χ3n) is 6.73. The molecule has 2 aromatic carbocycles. The first-order valence-corrected chi connectivity index (χ1v) is 14.5. The Morgan fingerprint density at radius 1 is 0.970 bits per heavy atom. The maximum Gasteiger partial charge on any atom is 0.261 e. The molecule has 3 rings (SSSR count). The molecule has 1 aliphatic heterocycles. The summed E-state index contributed by atoms with van der Waals surface area (Å²) in [7, 11) is -2.66. The highest BCUT2D eigenvalue weighted by Gasteiger charge is 2.50. The van der Waals surface area contributed by atoms with Crippen LogP contribution >= 0.6 is 0 Å². The van der Waals surface area contributed by atoms with E-state index in [0.29, 0.717) is 13.2 Å². The summed E-state index contributed by atoms with van der Waals surface area (Å²) < 4.78 is 18.7. The number of aliphatic hydroxyl groups is 1. The van der Waals surface area contributed by atoms with Crippen LogP contribution in [0.4, 0.5) is 0 Å². The molecule has 4 nitrogen and oxygen atoms in total. The Morgan fingerprint density at radius 2 is 1.58 bits per heavy atom. The number of benzene rings is 2. The topological polar surface area (TPSA) is 47.9 Å². The second kappa shape index (κ2) is 12.3. The van der Waals surface area contributed by atoms with E-state index in [1.54, 1.807) is 0 Å². The molecule has 1 fully saturated rings. The fraction of sp³-hybridized carbons (Fsp3) is 0.571. The number of ether oxygens (including phenoxy) is 2. The molecule has 0 aliphatic carbocycles. The first-order valence-electron chi connectivity index (χ1n) is 12.5. The number of hydrogen-bond acceptors (Lipinski definition) is 4. The molecule has 3 atom stereocenters. The third kappa shape index (κ3) is 6.55. The Balaban J connectivity index is 1.81. The molecule has 0 saturated carbocycles. The van der Waals surface area contributed by atoms with E-state index < -0.39 is 14.4 Å². The van der Waals surface area contributed by atoms with E-state index in [2.05, 4.69) is 76.2 Å². The van der Waals surface area contributed by atoms with Crippen molar-refractivity contribution in [3.8, 4) is 0 Å². The molecule has 182 valence electrons. The van der Waals surface area contributed by atoms with Gasteiger partial charge in [0, 0.05) is 12.5 Å². The minimum atomic E-state index is -2.66. The second-order valence-corrected chi connectivity index (χ2v) is 14.5.